The van der Waals surface area contributed by atoms with E-state index in [9.17, 15) is 20.1 Å². The van der Waals surface area contributed by atoms with Gasteiger partial charge in [-0.1, -0.05) is 18.2 Å². The molecular formula is C33H36N2O6. The summed E-state index contributed by atoms with van der Waals surface area (Å²) in [5, 5.41) is 29.0. The summed E-state index contributed by atoms with van der Waals surface area (Å²) in [4.78, 5) is 11.5. The number of carbonyl (C=O) groups is 1. The molecule has 4 aromatic carbocycles. The molecule has 1 unspecified atom stereocenters. The number of ether oxygens (including phenoxy) is 2. The molecule has 4 rings (SSSR count). The van der Waals surface area contributed by atoms with Crippen LogP contribution >= 0.6 is 0 Å². The topological polar surface area (TPSA) is 148 Å². The quantitative estimate of drug-likeness (QED) is 0.162. The SMILES string of the molecule is Cc1cc(Oc2c(C)cc(CC(N)C(=O)O)cc2Cc2c(CN)cc(C)c(Oc3ccc(O)cc3)c2C)ccc1O. The zero-order chi connectivity index (χ0) is 29.8. The van der Waals surface area contributed by atoms with Gasteiger partial charge in [0, 0.05) is 13.0 Å². The third-order valence-corrected chi connectivity index (χ3v) is 7.15. The summed E-state index contributed by atoms with van der Waals surface area (Å²) in [6, 6.07) is 16.4. The van der Waals surface area contributed by atoms with Gasteiger partial charge in [0.1, 0.15) is 40.5 Å². The molecule has 0 aromatic heterocycles. The van der Waals surface area contributed by atoms with Gasteiger partial charge in [-0.15, -0.1) is 0 Å². The molecule has 0 saturated heterocycles. The van der Waals surface area contributed by atoms with E-state index in [2.05, 4.69) is 0 Å². The molecule has 0 fully saturated rings. The standard InChI is InChI=1S/C33H36N2O6/c1-18-13-27(9-10-30(18)37)41-32-19(2)11-22(15-29(35)33(38)39)14-23(32)16-28-21(4)31(20(3)12-24(28)17-34)40-26-7-5-25(36)6-8-26/h5-14,29,36-37H,15-17,34-35H2,1-4H3,(H,38,39). The summed E-state index contributed by atoms with van der Waals surface area (Å²) in [7, 11) is 0. The molecule has 0 amide bonds. The average Bonchev–Trinajstić information content (AvgIpc) is 2.92. The largest absolute Gasteiger partial charge is 0.508 e. The molecule has 0 spiro atoms. The molecule has 7 N–H and O–H groups in total. The number of benzene rings is 4. The van der Waals surface area contributed by atoms with Gasteiger partial charge in [0.25, 0.3) is 0 Å². The molecule has 8 heteroatoms. The number of aliphatic carboxylic acids is 1. The van der Waals surface area contributed by atoms with Gasteiger partial charge in [0.2, 0.25) is 0 Å². The summed E-state index contributed by atoms with van der Waals surface area (Å²) in [6.07, 6.45) is 0.599. The molecule has 8 nitrogen and oxygen atoms in total. The lowest BCUT2D eigenvalue weighted by Crippen LogP contribution is -2.32. The number of phenolic OH excluding ortho intramolecular Hbond substituents is 2. The van der Waals surface area contributed by atoms with Gasteiger partial charge in [-0.2, -0.15) is 0 Å². The highest BCUT2D eigenvalue weighted by atomic mass is 16.5. The normalized spacial score (nSPS) is 11.8. The minimum atomic E-state index is -1.07. The Morgan fingerprint density at radius 2 is 1.44 bits per heavy atom. The minimum Gasteiger partial charge on any atom is -0.508 e. The van der Waals surface area contributed by atoms with Gasteiger partial charge in [0.05, 0.1) is 0 Å². The van der Waals surface area contributed by atoms with Crippen LogP contribution < -0.4 is 20.9 Å². The van der Waals surface area contributed by atoms with Crippen LogP contribution in [0.1, 0.15) is 44.5 Å². The number of carboxylic acid groups (broad SMARTS) is 1. The van der Waals surface area contributed by atoms with Gasteiger partial charge in [-0.05, 0) is 121 Å². The molecule has 1 atom stereocenters. The van der Waals surface area contributed by atoms with Crippen molar-refractivity contribution in [3.05, 3.63) is 105 Å². The molecule has 4 aromatic rings. The third kappa shape index (κ3) is 6.80. The van der Waals surface area contributed by atoms with Crippen LogP contribution in [0.3, 0.4) is 0 Å². The van der Waals surface area contributed by atoms with E-state index in [0.717, 1.165) is 38.9 Å². The number of nitrogens with two attached hydrogens (primary N) is 2. The minimum absolute atomic E-state index is 0.152. The highest BCUT2D eigenvalue weighted by molar-refractivity contribution is 5.73. The van der Waals surface area contributed by atoms with Crippen LogP contribution in [-0.4, -0.2) is 27.3 Å². The number of rotatable bonds is 10. The fourth-order valence-electron chi connectivity index (χ4n) is 4.97. The lowest BCUT2D eigenvalue weighted by Gasteiger charge is -2.22. The van der Waals surface area contributed by atoms with E-state index in [-0.39, 0.29) is 17.9 Å². The van der Waals surface area contributed by atoms with E-state index in [4.69, 9.17) is 20.9 Å². The lowest BCUT2D eigenvalue weighted by atomic mass is 9.90. The Hall–Kier alpha value is -4.53. The Morgan fingerprint density at radius 1 is 0.805 bits per heavy atom. The second-order valence-corrected chi connectivity index (χ2v) is 10.4. The first kappa shape index (κ1) is 29.5. The number of carboxylic acids is 1. The van der Waals surface area contributed by atoms with Crippen LogP contribution in [0.5, 0.6) is 34.5 Å². The zero-order valence-electron chi connectivity index (χ0n) is 23.7. The van der Waals surface area contributed by atoms with Crippen molar-refractivity contribution in [3.63, 3.8) is 0 Å². The third-order valence-electron chi connectivity index (χ3n) is 7.15. The predicted molar refractivity (Wildman–Crippen MR) is 158 cm³/mol. The predicted octanol–water partition coefficient (Wildman–Crippen LogP) is 5.92. The second kappa shape index (κ2) is 12.3. The molecule has 0 bridgehead atoms. The maximum absolute atomic E-state index is 11.5. The number of aromatic hydroxyl groups is 2. The molecule has 0 saturated carbocycles. The van der Waals surface area contributed by atoms with Crippen LogP contribution in [0.4, 0.5) is 0 Å². The number of aryl methyl sites for hydroxylation is 3. The lowest BCUT2D eigenvalue weighted by molar-refractivity contribution is -0.138. The smallest absolute Gasteiger partial charge is 0.320 e. The Balaban J connectivity index is 1.82. The summed E-state index contributed by atoms with van der Waals surface area (Å²) in [5.41, 5.74) is 19.0. The van der Waals surface area contributed by atoms with E-state index in [1.807, 2.05) is 39.0 Å². The van der Waals surface area contributed by atoms with Crippen molar-refractivity contribution in [2.45, 2.75) is 53.1 Å². The van der Waals surface area contributed by atoms with E-state index in [1.54, 1.807) is 49.4 Å². The maximum Gasteiger partial charge on any atom is 0.320 e. The second-order valence-electron chi connectivity index (χ2n) is 10.4. The highest BCUT2D eigenvalue weighted by Crippen LogP contribution is 2.38. The van der Waals surface area contributed by atoms with Crippen molar-refractivity contribution in [3.8, 4) is 34.5 Å². The number of hydrogen-bond donors (Lipinski definition) is 5. The van der Waals surface area contributed by atoms with Gasteiger partial charge in [0.15, 0.2) is 0 Å². The molecule has 0 radical (unpaired) electrons. The molecular weight excluding hydrogens is 520 g/mol. The molecule has 0 aliphatic rings. The summed E-state index contributed by atoms with van der Waals surface area (Å²) in [5.74, 6) is 1.74. The van der Waals surface area contributed by atoms with Crippen LogP contribution in [0.15, 0.2) is 60.7 Å². The summed E-state index contributed by atoms with van der Waals surface area (Å²) >= 11 is 0. The first-order valence-electron chi connectivity index (χ1n) is 13.3. The van der Waals surface area contributed by atoms with Crippen molar-refractivity contribution >= 4 is 5.97 Å². The summed E-state index contributed by atoms with van der Waals surface area (Å²) in [6.45, 7) is 7.97. The fraction of sp³-hybridized carbons (Fsp3) is 0.242. The van der Waals surface area contributed by atoms with Crippen LogP contribution in [-0.2, 0) is 24.2 Å². The van der Waals surface area contributed by atoms with Gasteiger partial charge in [-0.3, -0.25) is 4.79 Å². The Kier molecular flexibility index (Phi) is 8.86. The highest BCUT2D eigenvalue weighted by Gasteiger charge is 2.20. The Labute approximate surface area is 239 Å². The van der Waals surface area contributed by atoms with Gasteiger partial charge >= 0.3 is 5.97 Å². The zero-order valence-corrected chi connectivity index (χ0v) is 23.7. The maximum atomic E-state index is 11.5. The van der Waals surface area contributed by atoms with Crippen molar-refractivity contribution in [2.24, 2.45) is 11.5 Å². The van der Waals surface area contributed by atoms with Crippen molar-refractivity contribution in [1.82, 2.24) is 0 Å². The van der Waals surface area contributed by atoms with E-state index < -0.39 is 12.0 Å². The van der Waals surface area contributed by atoms with E-state index in [0.29, 0.717) is 41.5 Å². The first-order chi connectivity index (χ1) is 19.5. The Morgan fingerprint density at radius 3 is 2.07 bits per heavy atom. The van der Waals surface area contributed by atoms with Crippen molar-refractivity contribution in [2.75, 3.05) is 0 Å². The van der Waals surface area contributed by atoms with Crippen LogP contribution in [0, 0.1) is 27.7 Å². The van der Waals surface area contributed by atoms with Crippen molar-refractivity contribution in [1.29, 1.82) is 0 Å². The van der Waals surface area contributed by atoms with E-state index >= 15 is 0 Å². The average molecular weight is 557 g/mol. The molecule has 0 aliphatic carbocycles. The van der Waals surface area contributed by atoms with Gasteiger partial charge < -0.3 is 36.3 Å². The van der Waals surface area contributed by atoms with E-state index in [1.165, 1.54) is 0 Å². The number of phenols is 2. The fourth-order valence-corrected chi connectivity index (χ4v) is 4.97. The monoisotopic (exact) mass is 556 g/mol. The summed E-state index contributed by atoms with van der Waals surface area (Å²) < 4.78 is 12.6. The molecule has 41 heavy (non-hydrogen) atoms. The Bertz CT molecular complexity index is 1580. The van der Waals surface area contributed by atoms with Crippen LogP contribution in [0.25, 0.3) is 0 Å². The first-order valence-corrected chi connectivity index (χ1v) is 13.3. The van der Waals surface area contributed by atoms with Crippen molar-refractivity contribution < 1.29 is 29.6 Å². The molecule has 214 valence electrons. The van der Waals surface area contributed by atoms with Gasteiger partial charge in [-0.25, -0.2) is 0 Å². The number of hydrogen-bond acceptors (Lipinski definition) is 7. The molecule has 0 heterocycles. The molecule has 0 aliphatic heterocycles. The van der Waals surface area contributed by atoms with Crippen LogP contribution in [0.2, 0.25) is 0 Å².